The molecule has 6 nitrogen and oxygen atoms in total. The molecule has 5 aromatic heterocycles. The molecule has 0 bridgehead atoms. The summed E-state index contributed by atoms with van der Waals surface area (Å²) in [5.74, 6) is 0.599. The highest BCUT2D eigenvalue weighted by Crippen LogP contribution is 2.38. The lowest BCUT2D eigenvalue weighted by atomic mass is 9.99. The number of benzene rings is 4. The molecule has 0 spiro atoms. The Balaban J connectivity index is 1.20. The van der Waals surface area contributed by atoms with E-state index in [1.165, 1.54) is 0 Å². The molecule has 0 aliphatic rings. The number of oxazole rings is 1. The normalized spacial score (nSPS) is 11.7. The van der Waals surface area contributed by atoms with Gasteiger partial charge in [-0.15, -0.1) is 0 Å². The predicted molar refractivity (Wildman–Crippen MR) is 172 cm³/mol. The first-order valence-electron chi connectivity index (χ1n) is 14.1. The van der Waals surface area contributed by atoms with Crippen molar-refractivity contribution >= 4 is 54.6 Å². The van der Waals surface area contributed by atoms with Gasteiger partial charge in [0.25, 0.3) is 0 Å². The molecule has 0 unspecified atom stereocenters. The minimum absolute atomic E-state index is 0.599. The van der Waals surface area contributed by atoms with Crippen molar-refractivity contribution in [2.45, 2.75) is 0 Å². The van der Waals surface area contributed by atoms with Crippen molar-refractivity contribution in [1.29, 1.82) is 0 Å². The summed E-state index contributed by atoms with van der Waals surface area (Å²) in [6.45, 7) is 0. The summed E-state index contributed by atoms with van der Waals surface area (Å²) in [4.78, 5) is 24.5. The molecule has 0 N–H and O–H groups in total. The van der Waals surface area contributed by atoms with Crippen molar-refractivity contribution < 1.29 is 4.42 Å². The van der Waals surface area contributed by atoms with E-state index < -0.39 is 0 Å². The summed E-state index contributed by atoms with van der Waals surface area (Å²) in [5, 5.41) is 5.16. The Morgan fingerprint density at radius 2 is 1.30 bits per heavy atom. The third-order valence-electron chi connectivity index (χ3n) is 7.97. The fourth-order valence-electron chi connectivity index (χ4n) is 5.90. The molecule has 9 aromatic rings. The smallest absolute Gasteiger partial charge is 0.227 e. The fraction of sp³-hybridized carbons (Fsp3) is 0. The zero-order valence-electron chi connectivity index (χ0n) is 22.8. The molecule has 0 saturated heterocycles. The van der Waals surface area contributed by atoms with Gasteiger partial charge in [-0.05, 0) is 54.6 Å². The first kappa shape index (κ1) is 23.7. The summed E-state index contributed by atoms with van der Waals surface area (Å²) in [6, 6.07) is 38.5. The van der Waals surface area contributed by atoms with Gasteiger partial charge >= 0.3 is 0 Å². The zero-order valence-corrected chi connectivity index (χ0v) is 22.8. The van der Waals surface area contributed by atoms with E-state index in [0.717, 1.165) is 82.8 Å². The summed E-state index contributed by atoms with van der Waals surface area (Å²) in [5.41, 5.74) is 8.50. The van der Waals surface area contributed by atoms with E-state index in [-0.39, 0.29) is 0 Å². The Kier molecular flexibility index (Phi) is 5.10. The summed E-state index contributed by atoms with van der Waals surface area (Å²) in [7, 11) is 0. The first-order chi connectivity index (χ1) is 21.3. The van der Waals surface area contributed by atoms with E-state index in [0.29, 0.717) is 5.89 Å². The number of hydrogen-bond acceptors (Lipinski definition) is 6. The van der Waals surface area contributed by atoms with Crippen LogP contribution < -0.4 is 0 Å². The second-order valence-corrected chi connectivity index (χ2v) is 10.5. The molecular formula is C37H21N5O. The highest BCUT2D eigenvalue weighted by Gasteiger charge is 2.18. The molecule has 6 heteroatoms. The number of aromatic nitrogens is 5. The van der Waals surface area contributed by atoms with E-state index in [1.807, 2.05) is 79.0 Å². The van der Waals surface area contributed by atoms with Gasteiger partial charge in [-0.1, -0.05) is 60.7 Å². The van der Waals surface area contributed by atoms with Gasteiger partial charge in [0, 0.05) is 50.5 Å². The van der Waals surface area contributed by atoms with E-state index in [9.17, 15) is 0 Å². The van der Waals surface area contributed by atoms with Gasteiger partial charge in [-0.3, -0.25) is 9.97 Å². The molecule has 43 heavy (non-hydrogen) atoms. The van der Waals surface area contributed by atoms with Crippen LogP contribution in [0, 0.1) is 0 Å². The number of para-hydroxylation sites is 1. The van der Waals surface area contributed by atoms with E-state index in [4.69, 9.17) is 24.4 Å². The van der Waals surface area contributed by atoms with Gasteiger partial charge in [0.05, 0.1) is 33.6 Å². The van der Waals surface area contributed by atoms with Crippen LogP contribution in [-0.2, 0) is 0 Å². The average molecular weight is 552 g/mol. The maximum atomic E-state index is 6.22. The van der Waals surface area contributed by atoms with Gasteiger partial charge in [0.2, 0.25) is 5.89 Å². The van der Waals surface area contributed by atoms with Crippen molar-refractivity contribution in [2.24, 2.45) is 0 Å². The van der Waals surface area contributed by atoms with Crippen molar-refractivity contribution in [1.82, 2.24) is 24.9 Å². The van der Waals surface area contributed by atoms with Gasteiger partial charge < -0.3 is 4.42 Å². The van der Waals surface area contributed by atoms with Crippen molar-refractivity contribution in [3.63, 3.8) is 0 Å². The third-order valence-corrected chi connectivity index (χ3v) is 7.97. The van der Waals surface area contributed by atoms with E-state index >= 15 is 0 Å². The number of fused-ring (bicyclic) bond motifs is 8. The average Bonchev–Trinajstić information content (AvgIpc) is 3.53. The Morgan fingerprint density at radius 1 is 0.488 bits per heavy atom. The zero-order chi connectivity index (χ0) is 28.3. The molecule has 0 fully saturated rings. The van der Waals surface area contributed by atoms with Gasteiger partial charge in [-0.2, -0.15) is 0 Å². The molecule has 200 valence electrons. The van der Waals surface area contributed by atoms with Gasteiger partial charge in [0.15, 0.2) is 5.58 Å². The fourth-order valence-corrected chi connectivity index (χ4v) is 5.90. The maximum absolute atomic E-state index is 6.22. The van der Waals surface area contributed by atoms with Gasteiger partial charge in [0.1, 0.15) is 5.52 Å². The lowest BCUT2D eigenvalue weighted by molar-refractivity contribution is 0.620. The quantitative estimate of drug-likeness (QED) is 0.204. The third kappa shape index (κ3) is 3.77. The lowest BCUT2D eigenvalue weighted by Crippen LogP contribution is -1.93. The molecule has 0 aliphatic heterocycles. The van der Waals surface area contributed by atoms with Crippen LogP contribution in [0.1, 0.15) is 0 Å². The van der Waals surface area contributed by atoms with Crippen LogP contribution in [0.5, 0.6) is 0 Å². The highest BCUT2D eigenvalue weighted by atomic mass is 16.3. The van der Waals surface area contributed by atoms with Crippen LogP contribution in [0.4, 0.5) is 0 Å². The second kappa shape index (κ2) is 9.26. The van der Waals surface area contributed by atoms with Crippen LogP contribution in [-0.4, -0.2) is 24.9 Å². The first-order valence-corrected chi connectivity index (χ1v) is 14.1. The number of rotatable bonds is 3. The molecule has 0 aliphatic carbocycles. The van der Waals surface area contributed by atoms with Crippen molar-refractivity contribution in [3.05, 3.63) is 128 Å². The van der Waals surface area contributed by atoms with E-state index in [1.54, 1.807) is 6.20 Å². The largest absolute Gasteiger partial charge is 0.436 e. The molecule has 9 rings (SSSR count). The number of hydrogen-bond donors (Lipinski definition) is 0. The van der Waals surface area contributed by atoms with Crippen LogP contribution >= 0.6 is 0 Å². The van der Waals surface area contributed by atoms with Gasteiger partial charge in [-0.25, -0.2) is 15.0 Å². The molecule has 0 atom stereocenters. The molecule has 0 amide bonds. The topological polar surface area (TPSA) is 77.6 Å². The minimum atomic E-state index is 0.599. The molecular weight excluding hydrogens is 530 g/mol. The molecule has 0 radical (unpaired) electrons. The molecule has 4 aromatic carbocycles. The van der Waals surface area contributed by atoms with Crippen molar-refractivity contribution in [2.75, 3.05) is 0 Å². The Bertz CT molecular complexity index is 2500. The Morgan fingerprint density at radius 3 is 2.19 bits per heavy atom. The van der Waals surface area contributed by atoms with E-state index in [2.05, 4.69) is 47.4 Å². The summed E-state index contributed by atoms with van der Waals surface area (Å²) in [6.07, 6.45) is 3.68. The summed E-state index contributed by atoms with van der Waals surface area (Å²) < 4.78 is 6.22. The lowest BCUT2D eigenvalue weighted by Gasteiger charge is -2.11. The van der Waals surface area contributed by atoms with Crippen LogP contribution in [0.25, 0.3) is 88.7 Å². The maximum Gasteiger partial charge on any atom is 0.227 e. The van der Waals surface area contributed by atoms with Crippen molar-refractivity contribution in [3.8, 4) is 34.1 Å². The Hall–Kier alpha value is -6.01. The SMILES string of the molecule is c1ccc(-c2nc3c(ccc4c(-c5ccc(-c6ccc7ccc8cccnc8c7n6)nc5)nc5ccccc5c43)o2)cc1. The molecule has 5 heterocycles. The number of pyridine rings is 4. The number of nitrogens with zero attached hydrogens (tertiary/aromatic N) is 5. The minimum Gasteiger partial charge on any atom is -0.436 e. The predicted octanol–water partition coefficient (Wildman–Crippen LogP) is 9.02. The summed E-state index contributed by atoms with van der Waals surface area (Å²) >= 11 is 0. The van der Waals surface area contributed by atoms with Crippen LogP contribution in [0.3, 0.4) is 0 Å². The van der Waals surface area contributed by atoms with Crippen LogP contribution in [0.15, 0.2) is 132 Å². The second-order valence-electron chi connectivity index (χ2n) is 10.5. The molecule has 0 saturated carbocycles. The Labute approximate surface area is 245 Å². The van der Waals surface area contributed by atoms with Crippen LogP contribution in [0.2, 0.25) is 0 Å². The monoisotopic (exact) mass is 551 g/mol. The highest BCUT2D eigenvalue weighted by molar-refractivity contribution is 6.20. The standard InChI is InChI=1S/C37H21N5O/c1-2-7-24(8-3-1)37-42-36-31(43-37)19-16-27-32(36)26-10-4-5-11-28(26)40-33(27)25-15-17-29(39-21-25)30-18-14-23-13-12-22-9-6-20-38-34(22)35(23)41-30/h1-21H.